The molecule has 11 heteroatoms. The molecule has 0 aromatic heterocycles. The van der Waals surface area contributed by atoms with Crippen molar-refractivity contribution in [2.24, 2.45) is 0 Å². The predicted molar refractivity (Wildman–Crippen MR) is 366 cm³/mol. The Balaban J connectivity index is 1.87. The van der Waals surface area contributed by atoms with Crippen molar-refractivity contribution in [3.8, 4) is 0 Å². The van der Waals surface area contributed by atoms with Crippen molar-refractivity contribution >= 4 is 11.9 Å². The summed E-state index contributed by atoms with van der Waals surface area (Å²) in [5.41, 5.74) is 0. The lowest BCUT2D eigenvalue weighted by molar-refractivity contribution is -0.302. The van der Waals surface area contributed by atoms with E-state index in [-0.39, 0.29) is 18.5 Å². The lowest BCUT2D eigenvalue weighted by atomic mass is 9.99. The molecule has 1 heterocycles. The number of rotatable bonds is 68. The van der Waals surface area contributed by atoms with E-state index < -0.39 is 49.5 Å². The van der Waals surface area contributed by atoms with Crippen LogP contribution < -0.4 is 5.32 Å². The number of esters is 1. The number of aliphatic hydroxyl groups excluding tert-OH is 5. The molecule has 7 unspecified atom stereocenters. The first kappa shape index (κ1) is 83.2. The van der Waals surface area contributed by atoms with Gasteiger partial charge in [0.15, 0.2) is 6.29 Å². The summed E-state index contributed by atoms with van der Waals surface area (Å²) in [6.45, 7) is 4.37. The molecule has 1 aliphatic heterocycles. The maximum absolute atomic E-state index is 13.0. The van der Waals surface area contributed by atoms with E-state index in [4.69, 9.17) is 14.2 Å². The van der Waals surface area contributed by atoms with E-state index in [1.165, 1.54) is 308 Å². The molecule has 1 fully saturated rings. The van der Waals surface area contributed by atoms with Crippen molar-refractivity contribution < 1.29 is 49.3 Å². The number of hydrogen-bond donors (Lipinski definition) is 6. The Labute approximate surface area is 537 Å². The highest BCUT2D eigenvalue weighted by molar-refractivity contribution is 5.76. The molecule has 0 aromatic carbocycles. The number of ether oxygens (including phenoxy) is 3. The number of aliphatic hydroxyl groups is 5. The molecule has 6 N–H and O–H groups in total. The largest absolute Gasteiger partial charge is 0.466 e. The Morgan fingerprint density at radius 1 is 0.414 bits per heavy atom. The second-order valence-electron chi connectivity index (χ2n) is 26.7. The van der Waals surface area contributed by atoms with Gasteiger partial charge < -0.3 is 45.1 Å². The minimum absolute atomic E-state index is 0.0158. The Hall–Kier alpha value is -1.86. The Morgan fingerprint density at radius 2 is 0.736 bits per heavy atom. The van der Waals surface area contributed by atoms with Crippen LogP contribution in [0.15, 0.2) is 24.3 Å². The van der Waals surface area contributed by atoms with E-state index in [0.29, 0.717) is 19.4 Å². The van der Waals surface area contributed by atoms with Crippen molar-refractivity contribution in [2.45, 2.75) is 429 Å². The van der Waals surface area contributed by atoms with Crippen LogP contribution in [0.5, 0.6) is 0 Å². The topological polar surface area (TPSA) is 175 Å². The van der Waals surface area contributed by atoms with E-state index in [1.54, 1.807) is 6.08 Å². The third-order valence-electron chi connectivity index (χ3n) is 18.3. The summed E-state index contributed by atoms with van der Waals surface area (Å²) in [5.74, 6) is -0.164. The Kier molecular flexibility index (Phi) is 62.7. The van der Waals surface area contributed by atoms with Crippen LogP contribution in [0.25, 0.3) is 0 Å². The molecule has 0 spiro atoms. The molecule has 0 bridgehead atoms. The predicted octanol–water partition coefficient (Wildman–Crippen LogP) is 20.0. The van der Waals surface area contributed by atoms with Gasteiger partial charge in [0.1, 0.15) is 24.4 Å². The van der Waals surface area contributed by atoms with E-state index in [1.807, 2.05) is 6.08 Å². The highest BCUT2D eigenvalue weighted by Gasteiger charge is 2.44. The number of amides is 1. The van der Waals surface area contributed by atoms with Crippen molar-refractivity contribution in [1.82, 2.24) is 5.32 Å². The van der Waals surface area contributed by atoms with Crippen molar-refractivity contribution in [2.75, 3.05) is 19.8 Å². The summed E-state index contributed by atoms with van der Waals surface area (Å²) in [6, 6.07) is -0.806. The van der Waals surface area contributed by atoms with Gasteiger partial charge in [0.05, 0.1) is 32.0 Å². The molecular formula is C76H145NO10. The van der Waals surface area contributed by atoms with Gasteiger partial charge in [0.25, 0.3) is 0 Å². The van der Waals surface area contributed by atoms with Crippen LogP contribution in [0, 0.1) is 0 Å². The van der Waals surface area contributed by atoms with Crippen LogP contribution in [0.2, 0.25) is 0 Å². The van der Waals surface area contributed by atoms with Gasteiger partial charge in [-0.25, -0.2) is 0 Å². The Bertz CT molecular complexity index is 1490. The molecule has 7 atom stereocenters. The maximum atomic E-state index is 13.0. The van der Waals surface area contributed by atoms with Crippen LogP contribution in [-0.2, 0) is 23.8 Å². The fourth-order valence-electron chi connectivity index (χ4n) is 12.3. The number of allylic oxidation sites excluding steroid dienone is 3. The monoisotopic (exact) mass is 1230 g/mol. The number of hydrogen-bond acceptors (Lipinski definition) is 10. The number of carbonyl (C=O) groups excluding carboxylic acids is 2. The minimum atomic E-state index is -1.57. The average molecular weight is 1230 g/mol. The standard InChI is InChI=1S/C76H145NO10/c1-3-5-7-9-11-13-14-15-16-17-35-38-41-44-48-52-56-60-64-72(81)85-65-61-57-53-49-45-42-39-36-33-31-29-27-25-23-21-19-18-20-22-24-26-28-30-32-34-37-40-43-47-51-55-59-63-71(80)77-68(69(79)62-58-54-50-46-12-10-8-6-4-2)67-86-76-75(84)74(83)73(82)70(66-78)87-76/h21,23,58,62,68-70,73-76,78-79,82-84H,3-20,22,24-57,59-61,63-67H2,1-2H3,(H,77,80)/b23-21-,62-58+. The first-order chi connectivity index (χ1) is 42.7. The fraction of sp³-hybridized carbons (Fsp3) is 0.921. The zero-order valence-electron chi connectivity index (χ0n) is 57.3. The number of unbranched alkanes of at least 4 members (excludes halogenated alkanes) is 52. The minimum Gasteiger partial charge on any atom is -0.466 e. The summed E-state index contributed by atoms with van der Waals surface area (Å²) in [6.07, 6.45) is 73.6. The SMILES string of the molecule is CCCCCCCCC/C=C/C(O)C(COC1OC(CO)C(O)C(O)C1O)NC(=O)CCCCCCCCCCCCCCCCCC/C=C\CCCCCCCCCCCCCCOC(=O)CCCCCCCCCCCCCCCCCCCC. The third-order valence-corrected chi connectivity index (χ3v) is 18.3. The zero-order chi connectivity index (χ0) is 63.0. The van der Waals surface area contributed by atoms with Gasteiger partial charge in [-0.15, -0.1) is 0 Å². The smallest absolute Gasteiger partial charge is 0.305 e. The molecule has 0 aliphatic carbocycles. The number of carbonyl (C=O) groups is 2. The van der Waals surface area contributed by atoms with Crippen molar-refractivity contribution in [3.05, 3.63) is 24.3 Å². The summed E-state index contributed by atoms with van der Waals surface area (Å²) >= 11 is 0. The quantitative estimate of drug-likeness (QED) is 0.0195. The van der Waals surface area contributed by atoms with Crippen LogP contribution in [-0.4, -0.2) is 100 Å². The van der Waals surface area contributed by atoms with E-state index in [9.17, 15) is 35.1 Å². The summed E-state index contributed by atoms with van der Waals surface area (Å²) in [5, 5.41) is 54.3. The molecule has 1 saturated heterocycles. The molecule has 0 saturated carbocycles. The van der Waals surface area contributed by atoms with Gasteiger partial charge in [-0.2, -0.15) is 0 Å². The highest BCUT2D eigenvalue weighted by Crippen LogP contribution is 2.24. The first-order valence-electron chi connectivity index (χ1n) is 38.1. The van der Waals surface area contributed by atoms with E-state index >= 15 is 0 Å². The summed E-state index contributed by atoms with van der Waals surface area (Å²) in [4.78, 5) is 25.1. The fourth-order valence-corrected chi connectivity index (χ4v) is 12.3. The molecule has 87 heavy (non-hydrogen) atoms. The normalized spacial score (nSPS) is 17.9. The van der Waals surface area contributed by atoms with E-state index in [0.717, 1.165) is 51.4 Å². The van der Waals surface area contributed by atoms with Gasteiger partial charge in [-0.1, -0.05) is 340 Å². The third kappa shape index (κ3) is 54.4. The average Bonchev–Trinajstić information content (AvgIpc) is 3.18. The van der Waals surface area contributed by atoms with Crippen LogP contribution in [0.4, 0.5) is 0 Å². The summed E-state index contributed by atoms with van der Waals surface area (Å²) in [7, 11) is 0. The second kappa shape index (κ2) is 65.6. The lowest BCUT2D eigenvalue weighted by Gasteiger charge is -2.40. The number of nitrogens with one attached hydrogen (secondary N) is 1. The summed E-state index contributed by atoms with van der Waals surface area (Å²) < 4.78 is 16.7. The van der Waals surface area contributed by atoms with E-state index in [2.05, 4.69) is 31.3 Å². The van der Waals surface area contributed by atoms with Gasteiger partial charge in [-0.3, -0.25) is 9.59 Å². The molecule has 1 rings (SSSR count). The Morgan fingerprint density at radius 3 is 1.10 bits per heavy atom. The van der Waals surface area contributed by atoms with Gasteiger partial charge in [0, 0.05) is 12.8 Å². The first-order valence-corrected chi connectivity index (χ1v) is 38.1. The molecule has 11 nitrogen and oxygen atoms in total. The zero-order valence-corrected chi connectivity index (χ0v) is 57.3. The molecule has 1 aliphatic rings. The molecule has 0 aromatic rings. The molecule has 0 radical (unpaired) electrons. The van der Waals surface area contributed by atoms with Gasteiger partial charge in [0.2, 0.25) is 5.91 Å². The second-order valence-corrected chi connectivity index (χ2v) is 26.7. The van der Waals surface area contributed by atoms with Crippen LogP contribution >= 0.6 is 0 Å². The molecule has 514 valence electrons. The van der Waals surface area contributed by atoms with Crippen molar-refractivity contribution in [1.29, 1.82) is 0 Å². The van der Waals surface area contributed by atoms with Crippen LogP contribution in [0.1, 0.15) is 386 Å². The van der Waals surface area contributed by atoms with Crippen molar-refractivity contribution in [3.63, 3.8) is 0 Å². The maximum Gasteiger partial charge on any atom is 0.305 e. The van der Waals surface area contributed by atoms with Gasteiger partial charge >= 0.3 is 5.97 Å². The van der Waals surface area contributed by atoms with Gasteiger partial charge in [-0.05, 0) is 57.8 Å². The lowest BCUT2D eigenvalue weighted by Crippen LogP contribution is -2.60. The van der Waals surface area contributed by atoms with Crippen LogP contribution in [0.3, 0.4) is 0 Å². The molecular weight excluding hydrogens is 1090 g/mol. The molecule has 1 amide bonds. The highest BCUT2D eigenvalue weighted by atomic mass is 16.7.